The first kappa shape index (κ1) is 17.7. The van der Waals surface area contributed by atoms with Crippen molar-refractivity contribution in [2.75, 3.05) is 37.8 Å². The number of hydrogen-bond acceptors (Lipinski definition) is 5. The highest BCUT2D eigenvalue weighted by Crippen LogP contribution is 2.18. The van der Waals surface area contributed by atoms with Crippen LogP contribution in [-0.4, -0.2) is 48.1 Å². The van der Waals surface area contributed by atoms with Gasteiger partial charge in [-0.25, -0.2) is 9.97 Å². The molecule has 0 radical (unpaired) electrons. The molecule has 120 valence electrons. The number of nitrogens with zero attached hydrogens (tertiary/aromatic N) is 3. The van der Waals surface area contributed by atoms with Gasteiger partial charge in [0.1, 0.15) is 17.5 Å². The number of anilines is 2. The highest BCUT2D eigenvalue weighted by atomic mass is 15.1. The molecule has 2 N–H and O–H groups in total. The summed E-state index contributed by atoms with van der Waals surface area (Å²) in [7, 11) is 4.20. The van der Waals surface area contributed by atoms with Crippen molar-refractivity contribution in [1.29, 1.82) is 0 Å². The summed E-state index contributed by atoms with van der Waals surface area (Å²) in [4.78, 5) is 11.4. The number of nitrogens with one attached hydrogen (secondary N) is 2. The van der Waals surface area contributed by atoms with Crippen LogP contribution in [0.5, 0.6) is 0 Å². The molecular weight excluding hydrogens is 262 g/mol. The molecule has 1 aromatic rings. The van der Waals surface area contributed by atoms with Crippen LogP contribution in [0.4, 0.5) is 11.6 Å². The third-order valence-electron chi connectivity index (χ3n) is 3.22. The van der Waals surface area contributed by atoms with Gasteiger partial charge in [0.15, 0.2) is 0 Å². The topological polar surface area (TPSA) is 53.1 Å². The zero-order valence-corrected chi connectivity index (χ0v) is 14.4. The van der Waals surface area contributed by atoms with Crippen molar-refractivity contribution in [2.45, 2.75) is 52.5 Å². The Balaban J connectivity index is 2.77. The Morgan fingerprint density at radius 3 is 2.38 bits per heavy atom. The first-order chi connectivity index (χ1) is 9.92. The van der Waals surface area contributed by atoms with Crippen molar-refractivity contribution < 1.29 is 0 Å². The summed E-state index contributed by atoms with van der Waals surface area (Å²) < 4.78 is 0. The molecule has 1 rings (SSSR count). The molecule has 0 saturated heterocycles. The van der Waals surface area contributed by atoms with Crippen LogP contribution in [0.3, 0.4) is 0 Å². The lowest BCUT2D eigenvalue weighted by Gasteiger charge is -2.18. The van der Waals surface area contributed by atoms with Crippen molar-refractivity contribution in [3.63, 3.8) is 0 Å². The van der Waals surface area contributed by atoms with Gasteiger partial charge < -0.3 is 15.5 Å². The lowest BCUT2D eigenvalue weighted by atomic mass is 10.2. The Kier molecular flexibility index (Phi) is 7.43. The van der Waals surface area contributed by atoms with Gasteiger partial charge >= 0.3 is 0 Å². The van der Waals surface area contributed by atoms with E-state index in [0.29, 0.717) is 12.0 Å². The Morgan fingerprint density at radius 1 is 1.14 bits per heavy atom. The number of aromatic nitrogens is 2. The number of hydrogen-bond donors (Lipinski definition) is 2. The highest BCUT2D eigenvalue weighted by molar-refractivity contribution is 5.48. The van der Waals surface area contributed by atoms with Gasteiger partial charge in [-0.15, -0.1) is 0 Å². The van der Waals surface area contributed by atoms with Crippen LogP contribution in [0, 0.1) is 0 Å². The zero-order valence-electron chi connectivity index (χ0n) is 14.4. The van der Waals surface area contributed by atoms with Gasteiger partial charge in [0.05, 0.1) is 0 Å². The van der Waals surface area contributed by atoms with Crippen LogP contribution in [0.2, 0.25) is 0 Å². The molecule has 0 aliphatic heterocycles. The molecule has 0 amide bonds. The Hall–Kier alpha value is -1.36. The van der Waals surface area contributed by atoms with E-state index in [1.165, 1.54) is 0 Å². The van der Waals surface area contributed by atoms with Crippen molar-refractivity contribution in [2.24, 2.45) is 0 Å². The average Bonchev–Trinajstić information content (AvgIpc) is 2.42. The summed E-state index contributed by atoms with van der Waals surface area (Å²) in [5.74, 6) is 3.04. The second-order valence-corrected chi connectivity index (χ2v) is 6.22. The monoisotopic (exact) mass is 293 g/mol. The maximum absolute atomic E-state index is 4.63. The van der Waals surface area contributed by atoms with E-state index in [-0.39, 0.29) is 0 Å². The summed E-state index contributed by atoms with van der Waals surface area (Å²) in [5, 5.41) is 6.85. The molecule has 1 heterocycles. The molecule has 1 aromatic heterocycles. The smallest absolute Gasteiger partial charge is 0.135 e. The first-order valence-corrected chi connectivity index (χ1v) is 7.96. The van der Waals surface area contributed by atoms with E-state index in [2.05, 4.69) is 67.3 Å². The van der Waals surface area contributed by atoms with Crippen molar-refractivity contribution in [3.8, 4) is 0 Å². The molecule has 0 fully saturated rings. The maximum Gasteiger partial charge on any atom is 0.135 e. The molecule has 0 aliphatic rings. The summed E-state index contributed by atoms with van der Waals surface area (Å²) in [6, 6.07) is 2.40. The fraction of sp³-hybridized carbons (Fsp3) is 0.750. The molecular formula is C16H31N5. The van der Waals surface area contributed by atoms with E-state index in [0.717, 1.165) is 43.4 Å². The summed E-state index contributed by atoms with van der Waals surface area (Å²) >= 11 is 0. The van der Waals surface area contributed by atoms with E-state index in [1.807, 2.05) is 6.07 Å². The van der Waals surface area contributed by atoms with Gasteiger partial charge in [-0.1, -0.05) is 20.8 Å². The predicted octanol–water partition coefficient (Wildman–Crippen LogP) is 3.17. The SMILES string of the molecule is CCCNc1cc(NC(C)CCN(C)C)nc(C(C)C)n1. The van der Waals surface area contributed by atoms with Crippen molar-refractivity contribution in [3.05, 3.63) is 11.9 Å². The average molecular weight is 293 g/mol. The lowest BCUT2D eigenvalue weighted by molar-refractivity contribution is 0.390. The summed E-state index contributed by atoms with van der Waals surface area (Å²) in [6.07, 6.45) is 2.18. The standard InChI is InChI=1S/C16H31N5/c1-7-9-17-14-11-15(20-16(19-14)12(2)3)18-13(4)8-10-21(5)6/h11-13H,7-10H2,1-6H3,(H2,17,18,19,20). The normalized spacial score (nSPS) is 12.8. The molecule has 5 nitrogen and oxygen atoms in total. The van der Waals surface area contributed by atoms with Gasteiger partial charge in [0, 0.05) is 24.6 Å². The van der Waals surface area contributed by atoms with Crippen LogP contribution < -0.4 is 10.6 Å². The Morgan fingerprint density at radius 2 is 1.81 bits per heavy atom. The third-order valence-corrected chi connectivity index (χ3v) is 3.22. The molecule has 5 heteroatoms. The van der Waals surface area contributed by atoms with E-state index in [9.17, 15) is 0 Å². The lowest BCUT2D eigenvalue weighted by Crippen LogP contribution is -2.23. The van der Waals surface area contributed by atoms with Gasteiger partial charge in [0.2, 0.25) is 0 Å². The van der Waals surface area contributed by atoms with Gasteiger partial charge in [-0.2, -0.15) is 0 Å². The Labute approximate surface area is 129 Å². The molecule has 0 bridgehead atoms. The van der Waals surface area contributed by atoms with Gasteiger partial charge in [0.25, 0.3) is 0 Å². The molecule has 21 heavy (non-hydrogen) atoms. The molecule has 0 aliphatic carbocycles. The summed E-state index contributed by atoms with van der Waals surface area (Å²) in [5.41, 5.74) is 0. The Bertz CT molecular complexity index is 417. The first-order valence-electron chi connectivity index (χ1n) is 7.96. The fourth-order valence-electron chi connectivity index (χ4n) is 1.92. The molecule has 0 spiro atoms. The molecule has 0 saturated carbocycles. The molecule has 0 aromatic carbocycles. The van der Waals surface area contributed by atoms with Crippen molar-refractivity contribution in [1.82, 2.24) is 14.9 Å². The van der Waals surface area contributed by atoms with Crippen LogP contribution in [-0.2, 0) is 0 Å². The number of rotatable bonds is 9. The quantitative estimate of drug-likeness (QED) is 0.732. The minimum Gasteiger partial charge on any atom is -0.370 e. The van der Waals surface area contributed by atoms with Gasteiger partial charge in [-0.05, 0) is 40.4 Å². The van der Waals surface area contributed by atoms with Crippen LogP contribution in [0.15, 0.2) is 6.07 Å². The van der Waals surface area contributed by atoms with E-state index >= 15 is 0 Å². The summed E-state index contributed by atoms with van der Waals surface area (Å²) in [6.45, 7) is 10.6. The minimum atomic E-state index is 0.325. The zero-order chi connectivity index (χ0) is 15.8. The van der Waals surface area contributed by atoms with E-state index < -0.39 is 0 Å². The van der Waals surface area contributed by atoms with Crippen LogP contribution >= 0.6 is 0 Å². The minimum absolute atomic E-state index is 0.325. The second kappa shape index (κ2) is 8.82. The van der Waals surface area contributed by atoms with Gasteiger partial charge in [-0.3, -0.25) is 0 Å². The largest absolute Gasteiger partial charge is 0.370 e. The maximum atomic E-state index is 4.63. The highest BCUT2D eigenvalue weighted by Gasteiger charge is 2.10. The van der Waals surface area contributed by atoms with E-state index in [4.69, 9.17) is 0 Å². The van der Waals surface area contributed by atoms with Crippen LogP contribution in [0.25, 0.3) is 0 Å². The predicted molar refractivity (Wildman–Crippen MR) is 91.2 cm³/mol. The second-order valence-electron chi connectivity index (χ2n) is 6.22. The van der Waals surface area contributed by atoms with E-state index in [1.54, 1.807) is 0 Å². The third kappa shape index (κ3) is 6.76. The fourth-order valence-corrected chi connectivity index (χ4v) is 1.92. The molecule has 1 unspecified atom stereocenters. The molecule has 1 atom stereocenters. The van der Waals surface area contributed by atoms with Crippen LogP contribution in [0.1, 0.15) is 52.3 Å². The van der Waals surface area contributed by atoms with Crippen molar-refractivity contribution >= 4 is 11.6 Å².